The number of nitrogens with zero attached hydrogens (tertiary/aromatic N) is 5. The average Bonchev–Trinajstić information content (AvgIpc) is 3.64. The maximum absolute atomic E-state index is 13.8. The molecule has 1 N–H and O–H groups in total. The molecule has 2 amide bonds. The first-order valence-electron chi connectivity index (χ1n) is 12.5. The quantitative estimate of drug-likeness (QED) is 0.660. The second-order valence-electron chi connectivity index (χ2n) is 9.93. The Morgan fingerprint density at radius 2 is 1.62 bits per heavy atom. The maximum Gasteiger partial charge on any atom is 0.416 e. The molecule has 1 spiro atoms. The number of halogens is 3. The van der Waals surface area contributed by atoms with Crippen LogP contribution in [-0.2, 0) is 6.18 Å². The number of aromatic carboxylic acids is 1. The lowest BCUT2D eigenvalue weighted by Crippen LogP contribution is -2.55. The van der Waals surface area contributed by atoms with E-state index in [1.807, 2.05) is 4.90 Å². The third-order valence-electron chi connectivity index (χ3n) is 7.81. The predicted octanol–water partition coefficient (Wildman–Crippen LogP) is 3.94. The molecule has 5 rings (SSSR count). The van der Waals surface area contributed by atoms with Crippen LogP contribution in [0.4, 0.5) is 23.7 Å². The molecule has 1 aromatic carbocycles. The Kier molecular flexibility index (Phi) is 6.36. The van der Waals surface area contributed by atoms with Crippen molar-refractivity contribution in [1.82, 2.24) is 19.6 Å². The molecule has 0 atom stereocenters. The van der Waals surface area contributed by atoms with Crippen LogP contribution in [0.3, 0.4) is 0 Å². The number of amides is 2. The number of aromatic nitrogens is 2. The first kappa shape index (κ1) is 25.1. The minimum atomic E-state index is -4.50. The Bertz CT molecular complexity index is 1210. The van der Waals surface area contributed by atoms with E-state index in [0.717, 1.165) is 42.5 Å². The summed E-state index contributed by atoms with van der Waals surface area (Å²) in [6.45, 7) is 2.45. The molecule has 0 saturated carbocycles. The van der Waals surface area contributed by atoms with Crippen LogP contribution in [0.1, 0.15) is 64.9 Å². The Balaban J connectivity index is 1.35. The number of likely N-dealkylation sites (tertiary alicyclic amines) is 2. The van der Waals surface area contributed by atoms with Gasteiger partial charge in [-0.05, 0) is 62.8 Å². The van der Waals surface area contributed by atoms with E-state index in [2.05, 4.69) is 5.10 Å². The first-order chi connectivity index (χ1) is 17.6. The number of hydrogen-bond donors (Lipinski definition) is 1. The van der Waals surface area contributed by atoms with E-state index < -0.39 is 29.3 Å². The Labute approximate surface area is 211 Å². The van der Waals surface area contributed by atoms with E-state index in [0.29, 0.717) is 51.3 Å². The van der Waals surface area contributed by atoms with Gasteiger partial charge in [0.2, 0.25) is 0 Å². The minimum absolute atomic E-state index is 0.222. The summed E-state index contributed by atoms with van der Waals surface area (Å²) >= 11 is 0. The molecule has 0 unspecified atom stereocenters. The number of rotatable bonds is 3. The van der Waals surface area contributed by atoms with Gasteiger partial charge < -0.3 is 19.8 Å². The zero-order valence-electron chi connectivity index (χ0n) is 20.2. The lowest BCUT2D eigenvalue weighted by atomic mass is 9.84. The van der Waals surface area contributed by atoms with Crippen molar-refractivity contribution in [2.75, 3.05) is 37.6 Å². The SMILES string of the molecule is O=C(O)c1ccn(C(=O)N2CCC3(CCCN3C(=O)c3ccc(C(F)(F)F)cc3N3CCCC3)CC2)n1. The summed E-state index contributed by atoms with van der Waals surface area (Å²) in [5, 5.41) is 12.9. The lowest BCUT2D eigenvalue weighted by molar-refractivity contribution is -0.137. The molecule has 0 bridgehead atoms. The van der Waals surface area contributed by atoms with Crippen molar-refractivity contribution in [2.24, 2.45) is 0 Å². The van der Waals surface area contributed by atoms with E-state index in [1.165, 1.54) is 18.3 Å². The van der Waals surface area contributed by atoms with Gasteiger partial charge in [-0.3, -0.25) is 4.79 Å². The van der Waals surface area contributed by atoms with Crippen molar-refractivity contribution >= 4 is 23.6 Å². The maximum atomic E-state index is 13.8. The molecule has 12 heteroatoms. The molecule has 1 aromatic heterocycles. The summed E-state index contributed by atoms with van der Waals surface area (Å²) in [7, 11) is 0. The van der Waals surface area contributed by atoms with Crippen LogP contribution < -0.4 is 4.90 Å². The van der Waals surface area contributed by atoms with Gasteiger partial charge >= 0.3 is 18.2 Å². The molecular weight excluding hydrogens is 491 g/mol. The molecule has 9 nitrogen and oxygen atoms in total. The molecule has 198 valence electrons. The Morgan fingerprint density at radius 3 is 2.24 bits per heavy atom. The number of carboxylic acid groups (broad SMARTS) is 1. The monoisotopic (exact) mass is 519 g/mol. The smallest absolute Gasteiger partial charge is 0.416 e. The van der Waals surface area contributed by atoms with Gasteiger partial charge in [0.05, 0.1) is 16.8 Å². The molecule has 3 saturated heterocycles. The standard InChI is InChI=1S/C25H28F3N5O4/c26-25(27,28)17-4-5-18(20(16-17)30-10-1-2-11-30)21(34)32-12-3-7-24(32)8-14-31(15-9-24)23(37)33-13-6-19(29-33)22(35)36/h4-6,13,16H,1-3,7-12,14-15H2,(H,35,36). The van der Waals surface area contributed by atoms with Crippen molar-refractivity contribution in [1.29, 1.82) is 0 Å². The number of carbonyl (C=O) groups excluding carboxylic acids is 2. The van der Waals surface area contributed by atoms with Crippen molar-refractivity contribution in [3.63, 3.8) is 0 Å². The third-order valence-corrected chi connectivity index (χ3v) is 7.81. The van der Waals surface area contributed by atoms with E-state index in [-0.39, 0.29) is 17.2 Å². The fraction of sp³-hybridized carbons (Fsp3) is 0.520. The molecule has 0 radical (unpaired) electrons. The molecule has 3 aliphatic heterocycles. The van der Waals surface area contributed by atoms with Crippen LogP contribution in [0.2, 0.25) is 0 Å². The minimum Gasteiger partial charge on any atom is -0.476 e. The van der Waals surface area contributed by atoms with E-state index in [4.69, 9.17) is 5.11 Å². The number of benzene rings is 1. The van der Waals surface area contributed by atoms with Crippen LogP contribution in [-0.4, -0.2) is 80.9 Å². The summed E-state index contributed by atoms with van der Waals surface area (Å²) in [6.07, 6.45) is 1.13. The van der Waals surface area contributed by atoms with Crippen LogP contribution >= 0.6 is 0 Å². The van der Waals surface area contributed by atoms with Crippen LogP contribution in [0.25, 0.3) is 0 Å². The number of hydrogen-bond acceptors (Lipinski definition) is 5. The van der Waals surface area contributed by atoms with Gasteiger partial charge in [-0.25, -0.2) is 9.59 Å². The van der Waals surface area contributed by atoms with E-state index >= 15 is 0 Å². The number of carbonyl (C=O) groups is 3. The fourth-order valence-electron chi connectivity index (χ4n) is 5.83. The highest BCUT2D eigenvalue weighted by molar-refractivity contribution is 6.00. The topological polar surface area (TPSA) is 99.0 Å². The van der Waals surface area contributed by atoms with Gasteiger partial charge in [0.15, 0.2) is 5.69 Å². The molecule has 3 aliphatic rings. The van der Waals surface area contributed by atoms with Gasteiger partial charge in [0, 0.05) is 44.5 Å². The average molecular weight is 520 g/mol. The number of carboxylic acids is 1. The highest BCUT2D eigenvalue weighted by Crippen LogP contribution is 2.41. The van der Waals surface area contributed by atoms with Crippen LogP contribution in [0.5, 0.6) is 0 Å². The second kappa shape index (κ2) is 9.38. The third kappa shape index (κ3) is 4.64. The van der Waals surface area contributed by atoms with Crippen molar-refractivity contribution in [3.05, 3.63) is 47.3 Å². The molecule has 3 fully saturated rings. The first-order valence-corrected chi connectivity index (χ1v) is 12.5. The molecular formula is C25H28F3N5O4. The van der Waals surface area contributed by atoms with E-state index in [1.54, 1.807) is 9.80 Å². The highest BCUT2D eigenvalue weighted by Gasteiger charge is 2.47. The summed E-state index contributed by atoms with van der Waals surface area (Å²) in [4.78, 5) is 43.0. The highest BCUT2D eigenvalue weighted by atomic mass is 19.4. The molecule has 0 aliphatic carbocycles. The van der Waals surface area contributed by atoms with Crippen molar-refractivity contribution in [3.8, 4) is 0 Å². The largest absolute Gasteiger partial charge is 0.476 e. The van der Waals surface area contributed by atoms with Gasteiger partial charge in [0.1, 0.15) is 0 Å². The molecule has 4 heterocycles. The summed E-state index contributed by atoms with van der Waals surface area (Å²) in [5.74, 6) is -1.49. The van der Waals surface area contributed by atoms with Gasteiger partial charge in [-0.15, -0.1) is 0 Å². The zero-order chi connectivity index (χ0) is 26.4. The fourth-order valence-corrected chi connectivity index (χ4v) is 5.83. The lowest BCUT2D eigenvalue weighted by Gasteiger charge is -2.45. The number of anilines is 1. The zero-order valence-corrected chi connectivity index (χ0v) is 20.2. The van der Waals surface area contributed by atoms with Crippen LogP contribution in [0, 0.1) is 0 Å². The number of piperidine rings is 1. The number of alkyl halides is 3. The molecule has 2 aromatic rings. The van der Waals surface area contributed by atoms with Crippen LogP contribution in [0.15, 0.2) is 30.5 Å². The Hall–Kier alpha value is -3.57. The van der Waals surface area contributed by atoms with Gasteiger partial charge in [0.25, 0.3) is 5.91 Å². The van der Waals surface area contributed by atoms with Crippen molar-refractivity contribution < 1.29 is 32.7 Å². The second-order valence-corrected chi connectivity index (χ2v) is 9.93. The predicted molar refractivity (Wildman–Crippen MR) is 127 cm³/mol. The van der Waals surface area contributed by atoms with Gasteiger partial charge in [-0.1, -0.05) is 0 Å². The normalized spacial score (nSPS) is 19.6. The van der Waals surface area contributed by atoms with Gasteiger partial charge in [-0.2, -0.15) is 23.0 Å². The van der Waals surface area contributed by atoms with E-state index in [9.17, 15) is 27.6 Å². The summed E-state index contributed by atoms with van der Waals surface area (Å²) in [5.41, 5.74) is -0.847. The molecule has 37 heavy (non-hydrogen) atoms. The summed E-state index contributed by atoms with van der Waals surface area (Å²) in [6, 6.07) is 4.20. The Morgan fingerprint density at radius 1 is 0.919 bits per heavy atom. The summed E-state index contributed by atoms with van der Waals surface area (Å²) < 4.78 is 41.4. The van der Waals surface area contributed by atoms with Crippen molar-refractivity contribution in [2.45, 2.75) is 50.2 Å².